The van der Waals surface area contributed by atoms with E-state index in [4.69, 9.17) is 4.99 Å². The second kappa shape index (κ2) is 8.95. The predicted octanol–water partition coefficient (Wildman–Crippen LogP) is 3.40. The number of nitrogens with one attached hydrogen (secondary N) is 2. The minimum Gasteiger partial charge on any atom is -0.357 e. The lowest BCUT2D eigenvalue weighted by atomic mass is 9.96. The number of amides is 1. The Kier molecular flexibility index (Phi) is 6.64. The van der Waals surface area contributed by atoms with Gasteiger partial charge in [0, 0.05) is 30.6 Å². The molecular weight excluding hydrogens is 370 g/mol. The fourth-order valence-corrected chi connectivity index (χ4v) is 4.52. The molecule has 1 amide bonds. The van der Waals surface area contributed by atoms with Gasteiger partial charge in [0.15, 0.2) is 5.17 Å². The van der Waals surface area contributed by atoms with Crippen molar-refractivity contribution in [2.24, 2.45) is 10.1 Å². The summed E-state index contributed by atoms with van der Waals surface area (Å²) in [5.74, 6) is 0.883. The van der Waals surface area contributed by atoms with Gasteiger partial charge in [0.05, 0.1) is 11.8 Å². The van der Waals surface area contributed by atoms with E-state index in [9.17, 15) is 4.79 Å². The van der Waals surface area contributed by atoms with Gasteiger partial charge in [-0.05, 0) is 31.7 Å². The molecule has 0 atom stereocenters. The maximum Gasteiger partial charge on any atom is 0.270 e. The summed E-state index contributed by atoms with van der Waals surface area (Å²) in [4.78, 5) is 22.3. The highest BCUT2D eigenvalue weighted by Crippen LogP contribution is 2.23. The predicted molar refractivity (Wildman–Crippen MR) is 110 cm³/mol. The number of halogens is 1. The Hall–Kier alpha value is -1.47. The van der Waals surface area contributed by atoms with Gasteiger partial charge in [0.25, 0.3) is 5.91 Å². The number of hydrazone groups is 1. The van der Waals surface area contributed by atoms with Crippen LogP contribution in [0.4, 0.5) is 0 Å². The Morgan fingerprint density at radius 3 is 2.65 bits per heavy atom. The number of hydrogen-bond donors (Lipinski definition) is 2. The summed E-state index contributed by atoms with van der Waals surface area (Å²) in [7, 11) is 0. The highest BCUT2D eigenvalue weighted by molar-refractivity contribution is 8.14. The van der Waals surface area contributed by atoms with E-state index in [1.807, 2.05) is 17.2 Å². The van der Waals surface area contributed by atoms with Gasteiger partial charge in [0.1, 0.15) is 5.69 Å². The lowest BCUT2D eigenvalue weighted by molar-refractivity contribution is 0.0787. The van der Waals surface area contributed by atoms with Crippen molar-refractivity contribution in [3.8, 4) is 0 Å². The van der Waals surface area contributed by atoms with Gasteiger partial charge in [-0.25, -0.2) is 0 Å². The molecule has 0 bridgehead atoms. The first-order valence-corrected chi connectivity index (χ1v) is 10.3. The Morgan fingerprint density at radius 1 is 1.19 bits per heavy atom. The molecule has 8 heteroatoms. The van der Waals surface area contributed by atoms with Crippen LogP contribution in [0.25, 0.3) is 0 Å². The molecule has 1 aromatic rings. The Morgan fingerprint density at radius 2 is 1.96 bits per heavy atom. The van der Waals surface area contributed by atoms with Gasteiger partial charge in [0.2, 0.25) is 0 Å². The topological polar surface area (TPSA) is 72.8 Å². The van der Waals surface area contributed by atoms with Crippen LogP contribution in [-0.4, -0.2) is 51.6 Å². The normalized spacial score (nSPS) is 22.7. The minimum atomic E-state index is 0. The van der Waals surface area contributed by atoms with Crippen molar-refractivity contribution in [3.05, 3.63) is 23.5 Å². The molecule has 2 fully saturated rings. The van der Waals surface area contributed by atoms with E-state index < -0.39 is 0 Å². The fraction of sp³-hybridized carbons (Fsp3) is 0.611. The van der Waals surface area contributed by atoms with Crippen LogP contribution in [0.3, 0.4) is 0 Å². The smallest absolute Gasteiger partial charge is 0.270 e. The van der Waals surface area contributed by atoms with E-state index in [1.165, 1.54) is 32.1 Å². The van der Waals surface area contributed by atoms with Gasteiger partial charge < -0.3 is 9.88 Å². The number of aliphatic imine (C=N–C) groups is 1. The van der Waals surface area contributed by atoms with Crippen LogP contribution in [0.15, 0.2) is 22.4 Å². The van der Waals surface area contributed by atoms with Crippen molar-refractivity contribution in [3.63, 3.8) is 0 Å². The molecule has 1 saturated carbocycles. The maximum atomic E-state index is 12.4. The SMILES string of the molecule is Cl.O=C(c1cc(C2=NNC(=NC3CCCCC3)SC2)c[nH]1)N1CCCC1. The lowest BCUT2D eigenvalue weighted by Crippen LogP contribution is -2.28. The summed E-state index contributed by atoms with van der Waals surface area (Å²) in [6.07, 6.45) is 10.4. The number of nitrogens with zero attached hydrogens (tertiary/aromatic N) is 3. The number of likely N-dealkylation sites (tertiary alicyclic amines) is 1. The van der Waals surface area contributed by atoms with E-state index in [0.717, 1.165) is 48.1 Å². The monoisotopic (exact) mass is 395 g/mol. The van der Waals surface area contributed by atoms with Crippen LogP contribution in [0.1, 0.15) is 61.0 Å². The molecule has 26 heavy (non-hydrogen) atoms. The van der Waals surface area contributed by atoms with Crippen molar-refractivity contribution in [1.82, 2.24) is 15.3 Å². The molecule has 6 nitrogen and oxygen atoms in total. The molecule has 0 unspecified atom stereocenters. The molecule has 2 aliphatic heterocycles. The van der Waals surface area contributed by atoms with Gasteiger partial charge in [-0.3, -0.25) is 15.2 Å². The molecule has 1 aliphatic carbocycles. The highest BCUT2D eigenvalue weighted by atomic mass is 35.5. The summed E-state index contributed by atoms with van der Waals surface area (Å²) in [5.41, 5.74) is 5.71. The molecule has 1 aromatic heterocycles. The van der Waals surface area contributed by atoms with Crippen LogP contribution in [0.2, 0.25) is 0 Å². The van der Waals surface area contributed by atoms with Crippen LogP contribution in [0, 0.1) is 0 Å². The summed E-state index contributed by atoms with van der Waals surface area (Å²) < 4.78 is 0. The number of amidine groups is 1. The van der Waals surface area contributed by atoms with Crippen molar-refractivity contribution in [2.75, 3.05) is 18.8 Å². The summed E-state index contributed by atoms with van der Waals surface area (Å²) in [6.45, 7) is 1.74. The van der Waals surface area contributed by atoms with Crippen LogP contribution < -0.4 is 5.43 Å². The number of thioether (sulfide) groups is 1. The summed E-state index contributed by atoms with van der Waals surface area (Å²) in [5, 5.41) is 5.42. The molecule has 4 rings (SSSR count). The number of rotatable bonds is 3. The van der Waals surface area contributed by atoms with Crippen LogP contribution in [0.5, 0.6) is 0 Å². The molecule has 0 aromatic carbocycles. The van der Waals surface area contributed by atoms with Gasteiger partial charge in [-0.1, -0.05) is 31.0 Å². The average molecular weight is 396 g/mol. The zero-order valence-electron chi connectivity index (χ0n) is 14.9. The fourth-order valence-electron chi connectivity index (χ4n) is 3.68. The van der Waals surface area contributed by atoms with Crippen molar-refractivity contribution >= 4 is 41.0 Å². The Labute approximate surface area is 164 Å². The summed E-state index contributed by atoms with van der Waals surface area (Å²) in [6, 6.07) is 2.38. The molecular formula is C18H26ClN5OS. The summed E-state index contributed by atoms with van der Waals surface area (Å²) >= 11 is 1.70. The van der Waals surface area contributed by atoms with Crippen LogP contribution >= 0.6 is 24.2 Å². The Balaban J connectivity index is 0.00000196. The van der Waals surface area contributed by atoms with Crippen molar-refractivity contribution in [1.29, 1.82) is 0 Å². The quantitative estimate of drug-likeness (QED) is 0.823. The lowest BCUT2D eigenvalue weighted by Gasteiger charge is -2.20. The number of H-pyrrole nitrogens is 1. The van der Waals surface area contributed by atoms with Gasteiger partial charge in [-0.15, -0.1) is 12.4 Å². The third-order valence-electron chi connectivity index (χ3n) is 5.15. The molecule has 2 N–H and O–H groups in total. The zero-order valence-corrected chi connectivity index (χ0v) is 16.5. The molecule has 0 spiro atoms. The molecule has 1 saturated heterocycles. The second-order valence-corrected chi connectivity index (χ2v) is 7.95. The Bertz CT molecular complexity index is 690. The minimum absolute atomic E-state index is 0. The largest absolute Gasteiger partial charge is 0.357 e. The first-order chi connectivity index (χ1) is 12.3. The van der Waals surface area contributed by atoms with Gasteiger partial charge >= 0.3 is 0 Å². The first kappa shape index (κ1) is 19.3. The van der Waals surface area contributed by atoms with Gasteiger partial charge in [-0.2, -0.15) is 5.10 Å². The molecule has 142 valence electrons. The molecule has 0 radical (unpaired) electrons. The number of aromatic nitrogens is 1. The number of carbonyl (C=O) groups excluding carboxylic acids is 1. The van der Waals surface area contributed by atoms with E-state index in [1.54, 1.807) is 11.8 Å². The van der Waals surface area contributed by atoms with E-state index in [2.05, 4.69) is 15.5 Å². The third kappa shape index (κ3) is 4.43. The second-order valence-electron chi connectivity index (χ2n) is 6.99. The standard InChI is InChI=1S/C18H25N5OS.ClH/c24-17(23-8-4-5-9-23)15-10-13(11-19-15)16-12-25-18(22-21-16)20-14-6-2-1-3-7-14;/h10-11,14,19H,1-9,12H2,(H,20,22);1H. The van der Waals surface area contributed by atoms with Crippen molar-refractivity contribution < 1.29 is 4.79 Å². The van der Waals surface area contributed by atoms with E-state index in [-0.39, 0.29) is 18.3 Å². The third-order valence-corrected chi connectivity index (χ3v) is 6.03. The molecule has 3 aliphatic rings. The maximum absolute atomic E-state index is 12.4. The van der Waals surface area contributed by atoms with E-state index in [0.29, 0.717) is 11.7 Å². The van der Waals surface area contributed by atoms with Crippen LogP contribution in [-0.2, 0) is 0 Å². The average Bonchev–Trinajstić information content (AvgIpc) is 3.35. The first-order valence-electron chi connectivity index (χ1n) is 9.31. The number of aromatic amines is 1. The number of carbonyl (C=O) groups is 1. The zero-order chi connectivity index (χ0) is 17.1. The van der Waals surface area contributed by atoms with Crippen molar-refractivity contribution in [2.45, 2.75) is 51.0 Å². The van der Waals surface area contributed by atoms with E-state index >= 15 is 0 Å². The highest BCUT2D eigenvalue weighted by Gasteiger charge is 2.22. The molecule has 3 heterocycles. The number of hydrogen-bond acceptors (Lipinski definition) is 4.